The van der Waals surface area contributed by atoms with Crippen LogP contribution in [0.15, 0.2) is 75.2 Å². The first kappa shape index (κ1) is 19.0. The van der Waals surface area contributed by atoms with Gasteiger partial charge in [0.2, 0.25) is 5.91 Å². The molecule has 1 unspecified atom stereocenters. The van der Waals surface area contributed by atoms with Gasteiger partial charge in [-0.3, -0.25) is 9.48 Å². The van der Waals surface area contributed by atoms with Crippen LogP contribution in [0.25, 0.3) is 0 Å². The predicted molar refractivity (Wildman–Crippen MR) is 110 cm³/mol. The van der Waals surface area contributed by atoms with Crippen molar-refractivity contribution in [1.29, 1.82) is 0 Å². The molecule has 0 aliphatic rings. The molecule has 1 N–H and O–H groups in total. The number of para-hydroxylation sites is 1. The Morgan fingerprint density at radius 3 is 2.65 bits per heavy atom. The van der Waals surface area contributed by atoms with Gasteiger partial charge < -0.3 is 5.32 Å². The highest BCUT2D eigenvalue weighted by molar-refractivity contribution is 9.10. The lowest BCUT2D eigenvalue weighted by atomic mass is 10.2. The van der Waals surface area contributed by atoms with E-state index in [2.05, 4.69) is 26.3 Å². The molecular formula is C19H17BrClN3OS. The van der Waals surface area contributed by atoms with Crippen LogP contribution in [0.3, 0.4) is 0 Å². The highest BCUT2D eigenvalue weighted by Gasteiger charge is 2.20. The minimum absolute atomic E-state index is 0.0905. The molecule has 134 valence electrons. The maximum Gasteiger partial charge on any atom is 0.249 e. The van der Waals surface area contributed by atoms with Crippen molar-refractivity contribution in [3.8, 4) is 0 Å². The summed E-state index contributed by atoms with van der Waals surface area (Å²) in [5.41, 5.74) is 0.780. The Labute approximate surface area is 170 Å². The van der Waals surface area contributed by atoms with Gasteiger partial charge in [-0.05, 0) is 58.7 Å². The van der Waals surface area contributed by atoms with E-state index in [0.717, 1.165) is 20.0 Å². The molecule has 7 heteroatoms. The summed E-state index contributed by atoms with van der Waals surface area (Å²) in [6.45, 7) is 1.97. The van der Waals surface area contributed by atoms with Crippen molar-refractivity contribution in [2.75, 3.05) is 5.32 Å². The summed E-state index contributed by atoms with van der Waals surface area (Å²) in [6, 6.07) is 15.0. The van der Waals surface area contributed by atoms with Crippen molar-refractivity contribution in [1.82, 2.24) is 9.78 Å². The van der Waals surface area contributed by atoms with Crippen LogP contribution in [0.4, 0.5) is 5.69 Å². The summed E-state index contributed by atoms with van der Waals surface area (Å²) < 4.78 is 2.52. The number of carbonyl (C=O) groups excluding carboxylic acids is 1. The van der Waals surface area contributed by atoms with Crippen LogP contribution in [0, 0.1) is 0 Å². The molecule has 26 heavy (non-hydrogen) atoms. The smallest absolute Gasteiger partial charge is 0.249 e. The predicted octanol–water partition coefficient (Wildman–Crippen LogP) is 6.04. The van der Waals surface area contributed by atoms with Crippen LogP contribution in [0.5, 0.6) is 0 Å². The number of anilines is 1. The maximum absolute atomic E-state index is 12.8. The average molecular weight is 451 g/mol. The van der Waals surface area contributed by atoms with Gasteiger partial charge >= 0.3 is 0 Å². The average Bonchev–Trinajstić information content (AvgIpc) is 3.05. The van der Waals surface area contributed by atoms with Gasteiger partial charge in [-0.25, -0.2) is 0 Å². The highest BCUT2D eigenvalue weighted by Crippen LogP contribution is 2.34. The number of nitrogens with one attached hydrogen (secondary N) is 1. The fourth-order valence-corrected chi connectivity index (χ4v) is 3.81. The van der Waals surface area contributed by atoms with Crippen molar-refractivity contribution in [3.63, 3.8) is 0 Å². The molecule has 4 nitrogen and oxygen atoms in total. The van der Waals surface area contributed by atoms with Crippen molar-refractivity contribution in [2.24, 2.45) is 0 Å². The van der Waals surface area contributed by atoms with Gasteiger partial charge in [0, 0.05) is 21.0 Å². The summed E-state index contributed by atoms with van der Waals surface area (Å²) in [7, 11) is 0. The number of rotatable bonds is 6. The Balaban J connectivity index is 1.78. The van der Waals surface area contributed by atoms with E-state index in [1.807, 2.05) is 61.7 Å². The summed E-state index contributed by atoms with van der Waals surface area (Å²) in [6.07, 6.45) is 4.13. The first-order chi connectivity index (χ1) is 12.6. The Morgan fingerprint density at radius 2 is 2.00 bits per heavy atom. The second kappa shape index (κ2) is 8.75. The molecule has 3 rings (SSSR count). The number of benzene rings is 2. The molecular weight excluding hydrogens is 434 g/mol. The van der Waals surface area contributed by atoms with E-state index >= 15 is 0 Å². The lowest BCUT2D eigenvalue weighted by Gasteiger charge is -2.17. The zero-order valence-corrected chi connectivity index (χ0v) is 17.2. The Hall–Kier alpha value is -1.76. The van der Waals surface area contributed by atoms with E-state index in [4.69, 9.17) is 11.6 Å². The molecule has 2 aromatic carbocycles. The monoisotopic (exact) mass is 449 g/mol. The quantitative estimate of drug-likeness (QED) is 0.498. The third kappa shape index (κ3) is 4.69. The van der Waals surface area contributed by atoms with E-state index in [9.17, 15) is 4.79 Å². The molecule has 1 heterocycles. The van der Waals surface area contributed by atoms with Crippen molar-refractivity contribution in [3.05, 3.63) is 70.4 Å². The molecule has 0 aliphatic heterocycles. The van der Waals surface area contributed by atoms with E-state index in [0.29, 0.717) is 11.4 Å². The summed E-state index contributed by atoms with van der Waals surface area (Å²) in [4.78, 5) is 14.8. The minimum Gasteiger partial charge on any atom is -0.323 e. The van der Waals surface area contributed by atoms with Crippen molar-refractivity contribution < 1.29 is 4.79 Å². The summed E-state index contributed by atoms with van der Waals surface area (Å²) in [5, 5.41) is 7.98. The Bertz CT molecular complexity index is 898. The molecule has 0 bridgehead atoms. The third-order valence-electron chi connectivity index (χ3n) is 3.77. The number of nitrogens with zero attached hydrogens (tertiary/aromatic N) is 2. The van der Waals surface area contributed by atoms with E-state index in [1.165, 1.54) is 0 Å². The standard InChI is InChI=1S/C19H17BrClN3OS/c1-2-17(24-12-13(20)11-22-24)19(25)23-16-5-3-4-6-18(16)26-15-9-7-14(21)8-10-15/h3-12,17H,2H2,1H3,(H,23,25). The number of hydrogen-bond acceptors (Lipinski definition) is 3. The third-order valence-corrected chi connectivity index (χ3v) is 5.51. The van der Waals surface area contributed by atoms with E-state index in [1.54, 1.807) is 22.6 Å². The summed E-state index contributed by atoms with van der Waals surface area (Å²) >= 11 is 10.9. The second-order valence-electron chi connectivity index (χ2n) is 5.60. The van der Waals surface area contributed by atoms with E-state index < -0.39 is 0 Å². The number of amides is 1. The van der Waals surface area contributed by atoms with Gasteiger partial charge in [0.05, 0.1) is 16.4 Å². The van der Waals surface area contributed by atoms with Gasteiger partial charge in [-0.15, -0.1) is 0 Å². The zero-order valence-electron chi connectivity index (χ0n) is 14.0. The second-order valence-corrected chi connectivity index (χ2v) is 8.07. The lowest BCUT2D eigenvalue weighted by Crippen LogP contribution is -2.26. The van der Waals surface area contributed by atoms with E-state index in [-0.39, 0.29) is 11.9 Å². The molecule has 0 saturated carbocycles. The van der Waals surface area contributed by atoms with Gasteiger partial charge in [0.15, 0.2) is 0 Å². The van der Waals surface area contributed by atoms with Crippen LogP contribution < -0.4 is 5.32 Å². The SMILES string of the molecule is CCC(C(=O)Nc1ccccc1Sc1ccc(Cl)cc1)n1cc(Br)cn1. The molecule has 3 aromatic rings. The van der Waals surface area contributed by atoms with Crippen LogP contribution in [0.1, 0.15) is 19.4 Å². The fourth-order valence-electron chi connectivity index (χ4n) is 2.48. The maximum atomic E-state index is 12.8. The molecule has 0 fully saturated rings. The number of hydrogen-bond donors (Lipinski definition) is 1. The van der Waals surface area contributed by atoms with Crippen LogP contribution in [-0.4, -0.2) is 15.7 Å². The number of carbonyl (C=O) groups is 1. The zero-order chi connectivity index (χ0) is 18.5. The van der Waals surface area contributed by atoms with Crippen LogP contribution in [-0.2, 0) is 4.79 Å². The van der Waals surface area contributed by atoms with Gasteiger partial charge in [-0.1, -0.05) is 42.4 Å². The van der Waals surface area contributed by atoms with Crippen LogP contribution in [0.2, 0.25) is 5.02 Å². The molecule has 0 radical (unpaired) electrons. The van der Waals surface area contributed by atoms with Crippen molar-refractivity contribution in [2.45, 2.75) is 29.2 Å². The Kier molecular flexibility index (Phi) is 6.40. The van der Waals surface area contributed by atoms with Gasteiger partial charge in [-0.2, -0.15) is 5.10 Å². The summed E-state index contributed by atoms with van der Waals surface area (Å²) in [5.74, 6) is -0.0905. The highest BCUT2D eigenvalue weighted by atomic mass is 79.9. The van der Waals surface area contributed by atoms with Crippen molar-refractivity contribution >= 4 is 50.9 Å². The molecule has 1 atom stereocenters. The largest absolute Gasteiger partial charge is 0.323 e. The number of halogens is 2. The normalized spacial score (nSPS) is 12.0. The van der Waals surface area contributed by atoms with Crippen LogP contribution >= 0.6 is 39.3 Å². The molecule has 1 aromatic heterocycles. The molecule has 0 aliphatic carbocycles. The fraction of sp³-hybridized carbons (Fsp3) is 0.158. The van der Waals surface area contributed by atoms with Gasteiger partial charge in [0.25, 0.3) is 0 Å². The lowest BCUT2D eigenvalue weighted by molar-refractivity contribution is -0.119. The first-order valence-electron chi connectivity index (χ1n) is 8.10. The number of aromatic nitrogens is 2. The topological polar surface area (TPSA) is 46.9 Å². The minimum atomic E-state index is -0.366. The molecule has 1 amide bonds. The molecule has 0 saturated heterocycles. The van der Waals surface area contributed by atoms with Gasteiger partial charge in [0.1, 0.15) is 6.04 Å². The Morgan fingerprint density at radius 1 is 1.27 bits per heavy atom. The first-order valence-corrected chi connectivity index (χ1v) is 10.1. The molecule has 0 spiro atoms.